The second kappa shape index (κ2) is 7.71. The van der Waals surface area contributed by atoms with Crippen molar-refractivity contribution in [2.24, 2.45) is 4.99 Å². The van der Waals surface area contributed by atoms with Gasteiger partial charge >= 0.3 is 5.97 Å². The maximum absolute atomic E-state index is 11.0. The van der Waals surface area contributed by atoms with E-state index in [-0.39, 0.29) is 12.1 Å². The summed E-state index contributed by atoms with van der Waals surface area (Å²) in [6.07, 6.45) is 3.75. The highest BCUT2D eigenvalue weighted by Gasteiger charge is 2.23. The lowest BCUT2D eigenvalue weighted by Crippen LogP contribution is -2.40. The monoisotopic (exact) mass is 326 g/mol. The van der Waals surface area contributed by atoms with E-state index in [2.05, 4.69) is 9.89 Å². The van der Waals surface area contributed by atoms with Crippen LogP contribution in [0.1, 0.15) is 19.8 Å². The Balaban J connectivity index is 1.99. The third-order valence-electron chi connectivity index (χ3n) is 3.28. The summed E-state index contributed by atoms with van der Waals surface area (Å²) >= 11 is 7.51. The molecule has 114 valence electrons. The van der Waals surface area contributed by atoms with Gasteiger partial charge in [-0.15, -0.1) is 0 Å². The first-order valence-corrected chi connectivity index (χ1v) is 8.49. The molecule has 1 saturated heterocycles. The van der Waals surface area contributed by atoms with Crippen LogP contribution in [0.5, 0.6) is 0 Å². The molecular weight excluding hydrogens is 308 g/mol. The van der Waals surface area contributed by atoms with Gasteiger partial charge in [0.05, 0.1) is 5.69 Å². The Morgan fingerprint density at radius 3 is 2.48 bits per heavy atom. The lowest BCUT2D eigenvalue weighted by Gasteiger charge is -2.33. The van der Waals surface area contributed by atoms with Crippen LogP contribution in [0.2, 0.25) is 5.02 Å². The van der Waals surface area contributed by atoms with E-state index in [9.17, 15) is 4.79 Å². The summed E-state index contributed by atoms with van der Waals surface area (Å²) in [4.78, 5) is 17.9. The van der Waals surface area contributed by atoms with E-state index in [1.165, 1.54) is 6.92 Å². The zero-order valence-electron chi connectivity index (χ0n) is 12.2. The maximum Gasteiger partial charge on any atom is 0.302 e. The van der Waals surface area contributed by atoms with E-state index < -0.39 is 0 Å². The Bertz CT molecular complexity index is 511. The van der Waals surface area contributed by atoms with Crippen LogP contribution in [0.15, 0.2) is 29.3 Å². The SMILES string of the molecule is CS/C(=N\c1ccc(Cl)cc1)N1CCC(OC(C)=O)CC1. The molecule has 1 aromatic rings. The average Bonchev–Trinajstić information content (AvgIpc) is 2.47. The molecule has 1 aliphatic heterocycles. The van der Waals surface area contributed by atoms with Crippen LogP contribution < -0.4 is 0 Å². The molecule has 6 heteroatoms. The molecule has 1 heterocycles. The fourth-order valence-electron chi connectivity index (χ4n) is 2.27. The van der Waals surface area contributed by atoms with Crippen molar-refractivity contribution in [3.63, 3.8) is 0 Å². The smallest absolute Gasteiger partial charge is 0.302 e. The molecule has 0 atom stereocenters. The van der Waals surface area contributed by atoms with Crippen LogP contribution in [0.3, 0.4) is 0 Å². The number of aliphatic imine (C=N–C) groups is 1. The van der Waals surface area contributed by atoms with Crippen molar-refractivity contribution in [2.45, 2.75) is 25.9 Å². The van der Waals surface area contributed by atoms with E-state index in [1.807, 2.05) is 30.5 Å². The summed E-state index contributed by atoms with van der Waals surface area (Å²) in [7, 11) is 0. The largest absolute Gasteiger partial charge is 0.462 e. The molecule has 2 rings (SSSR count). The Morgan fingerprint density at radius 2 is 1.95 bits per heavy atom. The molecule has 1 aliphatic rings. The number of hydrogen-bond donors (Lipinski definition) is 0. The van der Waals surface area contributed by atoms with E-state index >= 15 is 0 Å². The number of piperidine rings is 1. The summed E-state index contributed by atoms with van der Waals surface area (Å²) in [5, 5.41) is 1.69. The number of amidine groups is 1. The maximum atomic E-state index is 11.0. The lowest BCUT2D eigenvalue weighted by molar-refractivity contribution is -0.147. The first-order chi connectivity index (χ1) is 10.1. The predicted octanol–water partition coefficient (Wildman–Crippen LogP) is 3.72. The topological polar surface area (TPSA) is 41.9 Å². The van der Waals surface area contributed by atoms with Crippen LogP contribution in [-0.2, 0) is 9.53 Å². The Labute approximate surface area is 134 Å². The number of carbonyl (C=O) groups is 1. The molecule has 1 aromatic carbocycles. The molecule has 1 fully saturated rings. The van der Waals surface area contributed by atoms with Gasteiger partial charge in [-0.25, -0.2) is 4.99 Å². The molecule has 0 spiro atoms. The second-order valence-electron chi connectivity index (χ2n) is 4.87. The summed E-state index contributed by atoms with van der Waals surface area (Å²) in [5.41, 5.74) is 0.894. The normalized spacial score (nSPS) is 16.9. The number of rotatable bonds is 2. The average molecular weight is 327 g/mol. The van der Waals surface area contributed by atoms with Crippen LogP contribution in [0.4, 0.5) is 5.69 Å². The molecule has 0 unspecified atom stereocenters. The molecule has 0 amide bonds. The van der Waals surface area contributed by atoms with Gasteiger partial charge < -0.3 is 9.64 Å². The number of carbonyl (C=O) groups excluding carboxylic acids is 1. The van der Waals surface area contributed by atoms with Crippen molar-refractivity contribution in [3.8, 4) is 0 Å². The molecule has 0 saturated carbocycles. The van der Waals surface area contributed by atoms with E-state index in [0.717, 1.165) is 36.8 Å². The summed E-state index contributed by atoms with van der Waals surface area (Å²) in [5.74, 6) is -0.201. The van der Waals surface area contributed by atoms with Crippen molar-refractivity contribution in [2.75, 3.05) is 19.3 Å². The molecule has 21 heavy (non-hydrogen) atoms. The minimum absolute atomic E-state index is 0.0392. The molecule has 0 N–H and O–H groups in total. The van der Waals surface area contributed by atoms with Gasteiger partial charge in [0, 0.05) is 37.9 Å². The third kappa shape index (κ3) is 4.93. The van der Waals surface area contributed by atoms with Crippen LogP contribution in [-0.4, -0.2) is 41.5 Å². The van der Waals surface area contributed by atoms with Crippen molar-refractivity contribution in [1.29, 1.82) is 0 Å². The number of esters is 1. The van der Waals surface area contributed by atoms with Crippen molar-refractivity contribution < 1.29 is 9.53 Å². The molecular formula is C15H19ClN2O2S. The van der Waals surface area contributed by atoms with Crippen molar-refractivity contribution in [1.82, 2.24) is 4.90 Å². The van der Waals surface area contributed by atoms with Crippen LogP contribution >= 0.6 is 23.4 Å². The number of likely N-dealkylation sites (tertiary alicyclic amines) is 1. The Morgan fingerprint density at radius 1 is 1.33 bits per heavy atom. The Hall–Kier alpha value is -1.20. The summed E-state index contributed by atoms with van der Waals surface area (Å²) in [6.45, 7) is 3.16. The standard InChI is InChI=1S/C15H19ClN2O2S/c1-11(19)20-14-7-9-18(10-8-14)15(21-2)17-13-5-3-12(16)4-6-13/h3-6,14H,7-10H2,1-2H3/b17-15-. The summed E-state index contributed by atoms with van der Waals surface area (Å²) < 4.78 is 5.26. The fraction of sp³-hybridized carbons (Fsp3) is 0.467. The van der Waals surface area contributed by atoms with E-state index in [1.54, 1.807) is 11.8 Å². The predicted molar refractivity (Wildman–Crippen MR) is 88.4 cm³/mol. The van der Waals surface area contributed by atoms with Gasteiger partial charge in [-0.2, -0.15) is 0 Å². The highest BCUT2D eigenvalue weighted by molar-refractivity contribution is 8.13. The molecule has 0 aliphatic carbocycles. The molecule has 0 aromatic heterocycles. The second-order valence-corrected chi connectivity index (χ2v) is 6.08. The minimum atomic E-state index is -0.201. The number of ether oxygens (including phenoxy) is 1. The first kappa shape index (κ1) is 16.2. The quantitative estimate of drug-likeness (QED) is 0.472. The van der Waals surface area contributed by atoms with Gasteiger partial charge in [0.1, 0.15) is 6.10 Å². The zero-order chi connectivity index (χ0) is 15.2. The molecule has 4 nitrogen and oxygen atoms in total. The lowest BCUT2D eigenvalue weighted by atomic mass is 10.1. The number of thioether (sulfide) groups is 1. The number of benzene rings is 1. The van der Waals surface area contributed by atoms with Gasteiger partial charge in [0.2, 0.25) is 0 Å². The highest BCUT2D eigenvalue weighted by Crippen LogP contribution is 2.22. The first-order valence-electron chi connectivity index (χ1n) is 6.89. The van der Waals surface area contributed by atoms with E-state index in [0.29, 0.717) is 5.02 Å². The highest BCUT2D eigenvalue weighted by atomic mass is 35.5. The van der Waals surface area contributed by atoms with Crippen molar-refractivity contribution >= 4 is 40.2 Å². The fourth-order valence-corrected chi connectivity index (χ4v) is 3.03. The number of nitrogens with zero attached hydrogens (tertiary/aromatic N) is 2. The van der Waals surface area contributed by atoms with Crippen LogP contribution in [0, 0.1) is 0 Å². The number of halogens is 1. The van der Waals surface area contributed by atoms with Crippen LogP contribution in [0.25, 0.3) is 0 Å². The van der Waals surface area contributed by atoms with Gasteiger partial charge in [-0.3, -0.25) is 4.79 Å². The molecule has 0 radical (unpaired) electrons. The third-order valence-corrected chi connectivity index (χ3v) is 4.25. The zero-order valence-corrected chi connectivity index (χ0v) is 13.8. The van der Waals surface area contributed by atoms with Gasteiger partial charge in [0.25, 0.3) is 0 Å². The molecule has 0 bridgehead atoms. The van der Waals surface area contributed by atoms with E-state index in [4.69, 9.17) is 16.3 Å². The van der Waals surface area contributed by atoms with Gasteiger partial charge in [0.15, 0.2) is 5.17 Å². The van der Waals surface area contributed by atoms with Gasteiger partial charge in [-0.1, -0.05) is 23.4 Å². The Kier molecular flexibility index (Phi) is 5.94. The van der Waals surface area contributed by atoms with Gasteiger partial charge in [-0.05, 0) is 30.5 Å². The van der Waals surface area contributed by atoms with Crippen molar-refractivity contribution in [3.05, 3.63) is 29.3 Å². The minimum Gasteiger partial charge on any atom is -0.462 e. The number of hydrogen-bond acceptors (Lipinski definition) is 4. The summed E-state index contributed by atoms with van der Waals surface area (Å²) in [6, 6.07) is 7.49.